The van der Waals surface area contributed by atoms with Gasteiger partial charge in [0.15, 0.2) is 0 Å². The highest BCUT2D eigenvalue weighted by Gasteiger charge is 2.10. The Hall–Kier alpha value is -2.73. The smallest absolute Gasteiger partial charge is 0.251 e. The Kier molecular flexibility index (Phi) is 7.14. The zero-order chi connectivity index (χ0) is 19.8. The summed E-state index contributed by atoms with van der Waals surface area (Å²) in [4.78, 5) is 16.8. The van der Waals surface area contributed by atoms with Crippen LogP contribution in [0, 0.1) is 5.82 Å². The van der Waals surface area contributed by atoms with Gasteiger partial charge in [-0.2, -0.15) is 0 Å². The van der Waals surface area contributed by atoms with Crippen LogP contribution >= 0.6 is 0 Å². The van der Waals surface area contributed by atoms with Crippen LogP contribution in [0.15, 0.2) is 48.5 Å². The highest BCUT2D eigenvalue weighted by molar-refractivity contribution is 5.94. The molecule has 1 heterocycles. The van der Waals surface area contributed by atoms with Gasteiger partial charge in [0.1, 0.15) is 11.6 Å². The molecule has 5 nitrogen and oxygen atoms in total. The average Bonchev–Trinajstić information content (AvgIpc) is 3.06. The number of hydrogen-bond acceptors (Lipinski definition) is 3. The number of nitrogens with zero attached hydrogens (tertiary/aromatic N) is 2. The van der Waals surface area contributed by atoms with E-state index in [4.69, 9.17) is 9.72 Å². The summed E-state index contributed by atoms with van der Waals surface area (Å²) in [5.74, 6) is 0.572. The Bertz CT molecular complexity index is 906. The molecule has 0 radical (unpaired) electrons. The molecule has 1 aromatic heterocycles. The van der Waals surface area contributed by atoms with Gasteiger partial charge < -0.3 is 14.6 Å². The topological polar surface area (TPSA) is 56.1 Å². The lowest BCUT2D eigenvalue weighted by Crippen LogP contribution is -2.24. The lowest BCUT2D eigenvalue weighted by atomic mass is 10.1. The molecule has 1 amide bonds. The van der Waals surface area contributed by atoms with Crippen LogP contribution in [0.3, 0.4) is 0 Å². The maximum absolute atomic E-state index is 12.9. The highest BCUT2D eigenvalue weighted by Crippen LogP contribution is 2.17. The summed E-state index contributed by atoms with van der Waals surface area (Å²) in [6, 6.07) is 13.7. The fourth-order valence-electron chi connectivity index (χ4n) is 3.24. The molecule has 0 aliphatic carbocycles. The second-order valence-electron chi connectivity index (χ2n) is 6.73. The maximum atomic E-state index is 12.9. The molecule has 3 rings (SSSR count). The monoisotopic (exact) mass is 383 g/mol. The van der Waals surface area contributed by atoms with Crippen molar-refractivity contribution in [2.45, 2.75) is 32.2 Å². The van der Waals surface area contributed by atoms with Crippen molar-refractivity contribution < 1.29 is 13.9 Å². The molecule has 0 atom stereocenters. The third-order valence-electron chi connectivity index (χ3n) is 4.72. The number of aryl methyl sites for hydroxylation is 1. The van der Waals surface area contributed by atoms with Crippen molar-refractivity contribution in [1.82, 2.24) is 14.9 Å². The van der Waals surface area contributed by atoms with Crippen molar-refractivity contribution in [3.05, 3.63) is 65.7 Å². The Morgan fingerprint density at radius 1 is 1.11 bits per heavy atom. The molecule has 0 saturated carbocycles. The normalized spacial score (nSPS) is 11.1. The zero-order valence-electron chi connectivity index (χ0n) is 16.2. The molecular weight excluding hydrogens is 357 g/mol. The van der Waals surface area contributed by atoms with Gasteiger partial charge in [0.25, 0.3) is 5.91 Å². The minimum absolute atomic E-state index is 0.165. The van der Waals surface area contributed by atoms with E-state index in [1.54, 1.807) is 7.11 Å². The Labute approximate surface area is 164 Å². The lowest BCUT2D eigenvalue weighted by Gasteiger charge is -2.09. The van der Waals surface area contributed by atoms with E-state index < -0.39 is 0 Å². The van der Waals surface area contributed by atoms with Crippen LogP contribution in [0.4, 0.5) is 4.39 Å². The summed E-state index contributed by atoms with van der Waals surface area (Å²) in [5, 5.41) is 2.88. The molecule has 1 N–H and O–H groups in total. The van der Waals surface area contributed by atoms with E-state index in [0.717, 1.165) is 49.1 Å². The summed E-state index contributed by atoms with van der Waals surface area (Å²) in [6.45, 7) is 2.05. The first-order chi connectivity index (χ1) is 13.7. The van der Waals surface area contributed by atoms with Crippen molar-refractivity contribution in [2.24, 2.45) is 0 Å². The largest absolute Gasteiger partial charge is 0.383 e. The molecule has 6 heteroatoms. The number of rotatable bonds is 10. The molecule has 0 saturated heterocycles. The molecule has 2 aromatic carbocycles. The molecule has 0 spiro atoms. The number of fused-ring (bicyclic) bond motifs is 1. The number of carbonyl (C=O) groups excluding carboxylic acids is 1. The number of para-hydroxylation sites is 2. The third-order valence-corrected chi connectivity index (χ3v) is 4.72. The van der Waals surface area contributed by atoms with Crippen molar-refractivity contribution in [3.8, 4) is 0 Å². The molecule has 0 unspecified atom stereocenters. The zero-order valence-corrected chi connectivity index (χ0v) is 16.2. The van der Waals surface area contributed by atoms with E-state index in [1.165, 1.54) is 24.3 Å². The number of aromatic nitrogens is 2. The van der Waals surface area contributed by atoms with Gasteiger partial charge in [0.05, 0.1) is 17.6 Å². The third kappa shape index (κ3) is 5.16. The van der Waals surface area contributed by atoms with Gasteiger partial charge in [-0.15, -0.1) is 0 Å². The van der Waals surface area contributed by atoms with Crippen molar-refractivity contribution >= 4 is 16.9 Å². The number of imidazole rings is 1. The van der Waals surface area contributed by atoms with Crippen LogP contribution in [0.1, 0.15) is 35.4 Å². The minimum Gasteiger partial charge on any atom is -0.383 e. The minimum atomic E-state index is -0.340. The standard InChI is InChI=1S/C22H26FN3O2/c1-28-16-15-26-20-8-5-4-7-19(20)25-21(26)9-3-2-6-14-24-22(27)17-10-12-18(23)13-11-17/h4-5,7-8,10-13H,2-3,6,9,14-16H2,1H3,(H,24,27). The van der Waals surface area contributed by atoms with Gasteiger partial charge in [0.2, 0.25) is 0 Å². The lowest BCUT2D eigenvalue weighted by molar-refractivity contribution is 0.0953. The van der Waals surface area contributed by atoms with Crippen molar-refractivity contribution in [2.75, 3.05) is 20.3 Å². The number of carbonyl (C=O) groups is 1. The van der Waals surface area contributed by atoms with E-state index in [1.807, 2.05) is 18.2 Å². The quantitative estimate of drug-likeness (QED) is 0.539. The average molecular weight is 383 g/mol. The van der Waals surface area contributed by atoms with Crippen LogP contribution in [-0.2, 0) is 17.7 Å². The van der Waals surface area contributed by atoms with E-state index in [9.17, 15) is 9.18 Å². The number of benzene rings is 2. The first-order valence-corrected chi connectivity index (χ1v) is 9.66. The van der Waals surface area contributed by atoms with Gasteiger partial charge in [-0.05, 0) is 49.2 Å². The number of nitrogens with one attached hydrogen (secondary N) is 1. The van der Waals surface area contributed by atoms with Crippen LogP contribution in [0.25, 0.3) is 11.0 Å². The summed E-state index contributed by atoms with van der Waals surface area (Å²) < 4.78 is 20.4. The molecular formula is C22H26FN3O2. The number of halogens is 1. The van der Waals surface area contributed by atoms with Gasteiger partial charge in [-0.1, -0.05) is 18.6 Å². The Morgan fingerprint density at radius 2 is 1.89 bits per heavy atom. The van der Waals surface area contributed by atoms with E-state index >= 15 is 0 Å². The summed E-state index contributed by atoms with van der Waals surface area (Å²) >= 11 is 0. The number of amides is 1. The van der Waals surface area contributed by atoms with E-state index in [-0.39, 0.29) is 11.7 Å². The van der Waals surface area contributed by atoms with E-state index in [2.05, 4.69) is 16.0 Å². The molecule has 3 aromatic rings. The molecule has 0 fully saturated rings. The summed E-state index contributed by atoms with van der Waals surface area (Å²) in [7, 11) is 1.71. The SMILES string of the molecule is COCCn1c(CCCCCNC(=O)c2ccc(F)cc2)nc2ccccc21. The molecule has 0 aliphatic heterocycles. The molecule has 148 valence electrons. The van der Waals surface area contributed by atoms with Gasteiger partial charge in [-0.25, -0.2) is 9.37 Å². The van der Waals surface area contributed by atoms with Crippen LogP contribution in [0.5, 0.6) is 0 Å². The second kappa shape index (κ2) is 9.99. The fraction of sp³-hybridized carbons (Fsp3) is 0.364. The Balaban J connectivity index is 1.45. The second-order valence-corrected chi connectivity index (χ2v) is 6.73. The van der Waals surface area contributed by atoms with Crippen LogP contribution in [-0.4, -0.2) is 35.7 Å². The molecule has 28 heavy (non-hydrogen) atoms. The van der Waals surface area contributed by atoms with E-state index in [0.29, 0.717) is 18.7 Å². The number of unbranched alkanes of at least 4 members (excludes halogenated alkanes) is 2. The Morgan fingerprint density at radius 3 is 2.68 bits per heavy atom. The maximum Gasteiger partial charge on any atom is 0.251 e. The highest BCUT2D eigenvalue weighted by atomic mass is 19.1. The van der Waals surface area contributed by atoms with Crippen molar-refractivity contribution in [1.29, 1.82) is 0 Å². The van der Waals surface area contributed by atoms with Crippen LogP contribution < -0.4 is 5.32 Å². The van der Waals surface area contributed by atoms with Crippen LogP contribution in [0.2, 0.25) is 0 Å². The first-order valence-electron chi connectivity index (χ1n) is 9.66. The molecule has 0 aliphatic rings. The van der Waals surface area contributed by atoms with Gasteiger partial charge >= 0.3 is 0 Å². The summed E-state index contributed by atoms with van der Waals surface area (Å²) in [5.41, 5.74) is 2.63. The summed E-state index contributed by atoms with van der Waals surface area (Å²) in [6.07, 6.45) is 3.79. The predicted molar refractivity (Wildman–Crippen MR) is 108 cm³/mol. The number of ether oxygens (including phenoxy) is 1. The van der Waals surface area contributed by atoms with Gasteiger partial charge in [0, 0.05) is 32.2 Å². The first kappa shape index (κ1) is 20.0. The van der Waals surface area contributed by atoms with Crippen molar-refractivity contribution in [3.63, 3.8) is 0 Å². The van der Waals surface area contributed by atoms with Gasteiger partial charge in [-0.3, -0.25) is 4.79 Å². The number of hydrogen-bond donors (Lipinski definition) is 1. The fourth-order valence-corrected chi connectivity index (χ4v) is 3.24. The predicted octanol–water partition coefficient (Wildman–Crippen LogP) is 3.96. The number of methoxy groups -OCH3 is 1. The molecule has 0 bridgehead atoms.